The normalized spacial score (nSPS) is 9.57. The molecule has 0 radical (unpaired) electrons. The molecule has 0 aliphatic heterocycles. The molecule has 0 saturated heterocycles. The van der Waals surface area contributed by atoms with Gasteiger partial charge in [0, 0.05) is 4.47 Å². The Labute approximate surface area is 96.8 Å². The van der Waals surface area contributed by atoms with Crippen molar-refractivity contribution in [1.82, 2.24) is 0 Å². The second-order valence-corrected chi connectivity index (χ2v) is 3.92. The number of thiocarbonyl (C=S) groups is 1. The van der Waals surface area contributed by atoms with Crippen LogP contribution in [0.2, 0.25) is 0 Å². The van der Waals surface area contributed by atoms with Crippen molar-refractivity contribution in [1.29, 1.82) is 0 Å². The SMILES string of the molecule is CCOc1cc(Br)ccc1NC(N)=S. The van der Waals surface area contributed by atoms with Crippen LogP contribution in [0.25, 0.3) is 0 Å². The van der Waals surface area contributed by atoms with Crippen LogP contribution in [-0.4, -0.2) is 11.7 Å². The molecule has 0 amide bonds. The van der Waals surface area contributed by atoms with Gasteiger partial charge in [-0.05, 0) is 37.3 Å². The third-order valence-electron chi connectivity index (χ3n) is 1.50. The summed E-state index contributed by atoms with van der Waals surface area (Å²) in [5, 5.41) is 3.08. The standard InChI is InChI=1S/C9H11BrN2OS/c1-2-13-8-5-6(10)3-4-7(8)12-9(11)14/h3-5H,2H2,1H3,(H3,11,12,14). The lowest BCUT2D eigenvalue weighted by Gasteiger charge is -2.11. The number of halogens is 1. The molecule has 0 saturated carbocycles. The molecule has 5 heteroatoms. The molecule has 76 valence electrons. The molecule has 0 bridgehead atoms. The molecule has 0 heterocycles. The summed E-state index contributed by atoms with van der Waals surface area (Å²) in [6.45, 7) is 2.52. The van der Waals surface area contributed by atoms with E-state index in [9.17, 15) is 0 Å². The number of hydrogen-bond donors (Lipinski definition) is 2. The molecule has 0 fully saturated rings. The zero-order valence-electron chi connectivity index (χ0n) is 7.71. The van der Waals surface area contributed by atoms with E-state index in [2.05, 4.69) is 21.2 Å². The summed E-state index contributed by atoms with van der Waals surface area (Å²) in [6, 6.07) is 5.61. The van der Waals surface area contributed by atoms with Crippen molar-refractivity contribution in [2.24, 2.45) is 5.73 Å². The van der Waals surface area contributed by atoms with Crippen LogP contribution in [0, 0.1) is 0 Å². The fourth-order valence-corrected chi connectivity index (χ4v) is 1.46. The van der Waals surface area contributed by atoms with Crippen molar-refractivity contribution < 1.29 is 4.74 Å². The maximum absolute atomic E-state index is 5.41. The highest BCUT2D eigenvalue weighted by molar-refractivity contribution is 9.10. The Morgan fingerprint density at radius 3 is 2.93 bits per heavy atom. The van der Waals surface area contributed by atoms with Crippen molar-refractivity contribution in [3.05, 3.63) is 22.7 Å². The molecule has 0 aliphatic rings. The molecule has 1 aromatic carbocycles. The first-order chi connectivity index (χ1) is 6.63. The maximum Gasteiger partial charge on any atom is 0.168 e. The zero-order chi connectivity index (χ0) is 10.6. The third kappa shape index (κ3) is 3.16. The van der Waals surface area contributed by atoms with Crippen molar-refractivity contribution in [3.8, 4) is 5.75 Å². The monoisotopic (exact) mass is 274 g/mol. The van der Waals surface area contributed by atoms with Crippen molar-refractivity contribution in [2.45, 2.75) is 6.92 Å². The summed E-state index contributed by atoms with van der Waals surface area (Å²) in [6.07, 6.45) is 0. The number of benzene rings is 1. The second-order valence-electron chi connectivity index (χ2n) is 2.56. The lowest BCUT2D eigenvalue weighted by atomic mass is 10.3. The van der Waals surface area contributed by atoms with Gasteiger partial charge in [-0.15, -0.1) is 0 Å². The predicted molar refractivity (Wildman–Crippen MR) is 65.7 cm³/mol. The van der Waals surface area contributed by atoms with E-state index in [-0.39, 0.29) is 5.11 Å². The average molecular weight is 275 g/mol. The molecule has 3 nitrogen and oxygen atoms in total. The van der Waals surface area contributed by atoms with Crippen molar-refractivity contribution in [2.75, 3.05) is 11.9 Å². The quantitative estimate of drug-likeness (QED) is 0.832. The maximum atomic E-state index is 5.41. The van der Waals surface area contributed by atoms with E-state index in [1.54, 1.807) is 0 Å². The Morgan fingerprint density at radius 1 is 1.64 bits per heavy atom. The highest BCUT2D eigenvalue weighted by Gasteiger charge is 2.04. The van der Waals surface area contributed by atoms with Gasteiger partial charge in [-0.1, -0.05) is 15.9 Å². The average Bonchev–Trinajstić information content (AvgIpc) is 2.09. The van der Waals surface area contributed by atoms with E-state index in [0.29, 0.717) is 6.61 Å². The van der Waals surface area contributed by atoms with Gasteiger partial charge in [0.2, 0.25) is 0 Å². The minimum absolute atomic E-state index is 0.230. The van der Waals surface area contributed by atoms with Gasteiger partial charge in [0.1, 0.15) is 5.75 Å². The molecular weight excluding hydrogens is 264 g/mol. The first-order valence-corrected chi connectivity index (χ1v) is 5.32. The van der Waals surface area contributed by atoms with E-state index < -0.39 is 0 Å². The Morgan fingerprint density at radius 2 is 2.36 bits per heavy atom. The summed E-state index contributed by atoms with van der Waals surface area (Å²) in [7, 11) is 0. The largest absolute Gasteiger partial charge is 0.492 e. The Kier molecular flexibility index (Phi) is 4.16. The molecule has 1 aromatic rings. The van der Waals surface area contributed by atoms with Gasteiger partial charge >= 0.3 is 0 Å². The fourth-order valence-electron chi connectivity index (χ4n) is 1.01. The molecule has 14 heavy (non-hydrogen) atoms. The van der Waals surface area contributed by atoms with Crippen LogP contribution in [0.15, 0.2) is 22.7 Å². The van der Waals surface area contributed by atoms with Crippen molar-refractivity contribution >= 4 is 38.9 Å². The first kappa shape index (κ1) is 11.3. The summed E-state index contributed by atoms with van der Waals surface area (Å²) in [5.74, 6) is 0.731. The Bertz CT molecular complexity index is 344. The van der Waals surface area contributed by atoms with Crippen LogP contribution >= 0.6 is 28.1 Å². The Balaban J connectivity index is 2.95. The highest BCUT2D eigenvalue weighted by atomic mass is 79.9. The Hall–Kier alpha value is -0.810. The molecule has 0 aromatic heterocycles. The smallest absolute Gasteiger partial charge is 0.168 e. The highest BCUT2D eigenvalue weighted by Crippen LogP contribution is 2.28. The van der Waals surface area contributed by atoms with Gasteiger partial charge in [-0.3, -0.25) is 0 Å². The van der Waals surface area contributed by atoms with Crippen LogP contribution in [0.5, 0.6) is 5.75 Å². The number of ether oxygens (including phenoxy) is 1. The molecule has 0 aliphatic carbocycles. The number of nitrogens with one attached hydrogen (secondary N) is 1. The number of hydrogen-bond acceptors (Lipinski definition) is 2. The van der Waals surface area contributed by atoms with E-state index in [1.807, 2.05) is 25.1 Å². The number of anilines is 1. The number of rotatable bonds is 3. The van der Waals surface area contributed by atoms with Crippen LogP contribution in [-0.2, 0) is 0 Å². The van der Waals surface area contributed by atoms with E-state index in [1.165, 1.54) is 0 Å². The predicted octanol–water partition coefficient (Wildman–Crippen LogP) is 2.50. The minimum Gasteiger partial charge on any atom is -0.492 e. The van der Waals surface area contributed by atoms with Crippen molar-refractivity contribution in [3.63, 3.8) is 0 Å². The van der Waals surface area contributed by atoms with Gasteiger partial charge in [0.15, 0.2) is 5.11 Å². The molecule has 0 unspecified atom stereocenters. The van der Waals surface area contributed by atoms with Crippen LogP contribution in [0.3, 0.4) is 0 Å². The summed E-state index contributed by atoms with van der Waals surface area (Å²) in [5.41, 5.74) is 6.16. The van der Waals surface area contributed by atoms with Crippen LogP contribution in [0.4, 0.5) is 5.69 Å². The summed E-state index contributed by atoms with van der Waals surface area (Å²) >= 11 is 8.11. The van der Waals surface area contributed by atoms with E-state index in [0.717, 1.165) is 15.9 Å². The van der Waals surface area contributed by atoms with E-state index in [4.69, 9.17) is 22.7 Å². The molecule has 1 rings (SSSR count). The van der Waals surface area contributed by atoms with Crippen LogP contribution < -0.4 is 15.8 Å². The molecule has 0 atom stereocenters. The summed E-state index contributed by atoms with van der Waals surface area (Å²) < 4.78 is 6.36. The van der Waals surface area contributed by atoms with Gasteiger partial charge in [-0.2, -0.15) is 0 Å². The van der Waals surface area contributed by atoms with Gasteiger partial charge in [-0.25, -0.2) is 0 Å². The van der Waals surface area contributed by atoms with Gasteiger partial charge in [0.05, 0.1) is 12.3 Å². The number of nitrogens with two attached hydrogens (primary N) is 1. The third-order valence-corrected chi connectivity index (χ3v) is 2.10. The van der Waals surface area contributed by atoms with Crippen LogP contribution in [0.1, 0.15) is 6.92 Å². The molecule has 0 spiro atoms. The molecular formula is C9H11BrN2OS. The minimum atomic E-state index is 0.230. The second kappa shape index (κ2) is 5.17. The van der Waals surface area contributed by atoms with Gasteiger partial charge < -0.3 is 15.8 Å². The lowest BCUT2D eigenvalue weighted by molar-refractivity contribution is 0.342. The lowest BCUT2D eigenvalue weighted by Crippen LogP contribution is -2.19. The van der Waals surface area contributed by atoms with E-state index >= 15 is 0 Å². The molecule has 3 N–H and O–H groups in total. The summed E-state index contributed by atoms with van der Waals surface area (Å²) in [4.78, 5) is 0. The zero-order valence-corrected chi connectivity index (χ0v) is 10.1. The fraction of sp³-hybridized carbons (Fsp3) is 0.222. The first-order valence-electron chi connectivity index (χ1n) is 4.12. The topological polar surface area (TPSA) is 47.3 Å². The van der Waals surface area contributed by atoms with Gasteiger partial charge in [0.25, 0.3) is 0 Å².